The number of aryl methyl sites for hydroxylation is 2. The van der Waals surface area contributed by atoms with Crippen LogP contribution in [0.1, 0.15) is 48.1 Å². The van der Waals surface area contributed by atoms with E-state index < -0.39 is 11.0 Å². The van der Waals surface area contributed by atoms with E-state index in [-0.39, 0.29) is 0 Å². The number of nitriles is 1. The van der Waals surface area contributed by atoms with Crippen LogP contribution in [0.4, 0.5) is 0 Å². The molecule has 0 fully saturated rings. The second kappa shape index (κ2) is 9.54. The topological polar surface area (TPSA) is 64.9 Å². The first-order chi connectivity index (χ1) is 14.0. The van der Waals surface area contributed by atoms with Crippen LogP contribution < -0.4 is 10.6 Å². The molecule has 0 radical (unpaired) electrons. The number of carbonyl (C=O) groups is 1. The lowest BCUT2D eigenvalue weighted by Gasteiger charge is -2.44. The first-order valence-corrected chi connectivity index (χ1v) is 10.0. The number of nitrogens with zero attached hydrogens (tertiary/aromatic N) is 1. The van der Waals surface area contributed by atoms with Gasteiger partial charge in [0.25, 0.3) is 0 Å². The normalized spacial score (nSPS) is 19.0. The maximum absolute atomic E-state index is 12.5. The Morgan fingerprint density at radius 2 is 2.00 bits per heavy atom. The molecule has 0 spiro atoms. The van der Waals surface area contributed by atoms with Gasteiger partial charge in [-0.15, -0.1) is 0 Å². The highest BCUT2D eigenvalue weighted by molar-refractivity contribution is 5.75. The van der Waals surface area contributed by atoms with E-state index in [1.807, 2.05) is 32.3 Å². The number of rotatable bonds is 6. The molecule has 4 heteroatoms. The van der Waals surface area contributed by atoms with Gasteiger partial charge in [-0.3, -0.25) is 0 Å². The van der Waals surface area contributed by atoms with Gasteiger partial charge in [-0.25, -0.2) is 0 Å². The largest absolute Gasteiger partial charge is 0.394 e. The number of carbonyl (C=O) groups excluding carboxylic acids is 1. The third-order valence-corrected chi connectivity index (χ3v) is 6.21. The lowest BCUT2D eigenvalue weighted by atomic mass is 9.64. The number of fused-ring (bicyclic) bond motifs is 1. The van der Waals surface area contributed by atoms with Gasteiger partial charge in [0.05, 0.1) is 22.6 Å². The molecular weight excluding hydrogens is 358 g/mol. The lowest BCUT2D eigenvalue weighted by Crippen LogP contribution is -2.55. The zero-order valence-corrected chi connectivity index (χ0v) is 17.9. The molecule has 2 aromatic carbocycles. The summed E-state index contributed by atoms with van der Waals surface area (Å²) in [5.41, 5.74) is 4.03. The van der Waals surface area contributed by atoms with Gasteiger partial charge in [0.1, 0.15) is 6.29 Å². The Morgan fingerprint density at radius 1 is 1.28 bits per heavy atom. The van der Waals surface area contributed by atoms with Crippen LogP contribution in [-0.4, -0.2) is 20.4 Å². The highest BCUT2D eigenvalue weighted by atomic mass is 16.1. The van der Waals surface area contributed by atoms with Crippen LogP contribution >= 0.6 is 0 Å². The van der Waals surface area contributed by atoms with Gasteiger partial charge < -0.3 is 15.4 Å². The van der Waals surface area contributed by atoms with Crippen LogP contribution in [-0.2, 0) is 28.6 Å². The predicted octanol–water partition coefficient (Wildman–Crippen LogP) is 3.99. The molecule has 0 amide bonds. The first-order valence-electron chi connectivity index (χ1n) is 10.0. The van der Waals surface area contributed by atoms with E-state index in [0.29, 0.717) is 5.56 Å². The fraction of sp³-hybridized carbons (Fsp3) is 0.360. The van der Waals surface area contributed by atoms with Crippen molar-refractivity contribution in [3.8, 4) is 6.07 Å². The van der Waals surface area contributed by atoms with Crippen molar-refractivity contribution in [1.82, 2.24) is 10.6 Å². The summed E-state index contributed by atoms with van der Waals surface area (Å²) in [6, 6.07) is 16.3. The standard InChI is InChI=1S/C22H24N2O.C3H7N/c1-4-16-8-9-20-18(12-16)10-11-22(20,15-25)21(2,24-3)19-7-5-6-17(13-19)14-23;1-3-4-2/h5-9,12-13,15,24H,4,10-11H2,1-3H3;3-4H,1H2,2H3. The Kier molecular flexibility index (Phi) is 7.36. The van der Waals surface area contributed by atoms with E-state index in [4.69, 9.17) is 0 Å². The molecule has 1 aliphatic carbocycles. The summed E-state index contributed by atoms with van der Waals surface area (Å²) in [4.78, 5) is 12.5. The molecule has 0 bridgehead atoms. The Morgan fingerprint density at radius 3 is 2.55 bits per heavy atom. The number of aldehydes is 1. The molecule has 2 unspecified atom stereocenters. The summed E-state index contributed by atoms with van der Waals surface area (Å²) in [6.07, 6.45) is 5.40. The molecule has 3 rings (SSSR count). The van der Waals surface area contributed by atoms with Crippen molar-refractivity contribution in [2.45, 2.75) is 44.1 Å². The van der Waals surface area contributed by atoms with Crippen molar-refractivity contribution in [3.05, 3.63) is 83.1 Å². The molecular formula is C25H31N3O. The monoisotopic (exact) mass is 389 g/mol. The van der Waals surface area contributed by atoms with Crippen LogP contribution in [0.2, 0.25) is 0 Å². The van der Waals surface area contributed by atoms with Gasteiger partial charge in [-0.2, -0.15) is 5.26 Å². The van der Waals surface area contributed by atoms with Gasteiger partial charge >= 0.3 is 0 Å². The number of benzene rings is 2. The van der Waals surface area contributed by atoms with Gasteiger partial charge in [-0.05, 0) is 73.8 Å². The predicted molar refractivity (Wildman–Crippen MR) is 119 cm³/mol. The van der Waals surface area contributed by atoms with Crippen molar-refractivity contribution < 1.29 is 4.79 Å². The summed E-state index contributed by atoms with van der Waals surface area (Å²) < 4.78 is 0. The number of hydrogen-bond acceptors (Lipinski definition) is 4. The smallest absolute Gasteiger partial charge is 0.132 e. The summed E-state index contributed by atoms with van der Waals surface area (Å²) >= 11 is 0. The van der Waals surface area contributed by atoms with Crippen LogP contribution in [0.5, 0.6) is 0 Å². The minimum atomic E-state index is -0.641. The molecule has 1 aliphatic rings. The molecule has 2 N–H and O–H groups in total. The Hall–Kier alpha value is -2.90. The van der Waals surface area contributed by atoms with Crippen LogP contribution in [0.15, 0.2) is 55.2 Å². The fourth-order valence-electron chi connectivity index (χ4n) is 4.26. The third kappa shape index (κ3) is 3.97. The van der Waals surface area contributed by atoms with Crippen LogP contribution in [0.3, 0.4) is 0 Å². The van der Waals surface area contributed by atoms with Gasteiger partial charge in [0.2, 0.25) is 0 Å². The summed E-state index contributed by atoms with van der Waals surface area (Å²) in [7, 11) is 3.70. The van der Waals surface area contributed by atoms with Gasteiger partial charge in [-0.1, -0.05) is 43.8 Å². The maximum atomic E-state index is 12.5. The van der Waals surface area contributed by atoms with E-state index >= 15 is 0 Å². The minimum Gasteiger partial charge on any atom is -0.394 e. The quantitative estimate of drug-likeness (QED) is 0.733. The summed E-state index contributed by atoms with van der Waals surface area (Å²) in [6.45, 7) is 7.59. The molecule has 4 nitrogen and oxygen atoms in total. The zero-order valence-electron chi connectivity index (χ0n) is 17.9. The molecule has 2 atom stereocenters. The average molecular weight is 390 g/mol. The van der Waals surface area contributed by atoms with Crippen molar-refractivity contribution in [1.29, 1.82) is 5.26 Å². The fourth-order valence-corrected chi connectivity index (χ4v) is 4.26. The Labute approximate surface area is 174 Å². The molecule has 0 saturated heterocycles. The van der Waals surface area contributed by atoms with E-state index in [0.717, 1.165) is 36.7 Å². The summed E-state index contributed by atoms with van der Waals surface area (Å²) in [5, 5.41) is 15.4. The van der Waals surface area contributed by atoms with Crippen molar-refractivity contribution in [2.75, 3.05) is 14.1 Å². The van der Waals surface area contributed by atoms with Crippen LogP contribution in [0.25, 0.3) is 0 Å². The third-order valence-electron chi connectivity index (χ3n) is 6.21. The van der Waals surface area contributed by atoms with Gasteiger partial charge in [0.15, 0.2) is 0 Å². The van der Waals surface area contributed by atoms with Crippen molar-refractivity contribution in [2.24, 2.45) is 0 Å². The molecule has 2 aromatic rings. The SMILES string of the molecule is C=CNC.CCc1ccc2c(c1)CCC2(C=O)C(C)(NC)c1cccc(C#N)c1. The molecule has 152 valence electrons. The number of hydrogen-bond donors (Lipinski definition) is 2. The maximum Gasteiger partial charge on any atom is 0.132 e. The summed E-state index contributed by atoms with van der Waals surface area (Å²) in [5.74, 6) is 0. The Bertz CT molecular complexity index is 915. The van der Waals surface area contributed by atoms with E-state index in [9.17, 15) is 10.1 Å². The first kappa shape index (κ1) is 22.4. The Balaban J connectivity index is 0.000000687. The van der Waals surface area contributed by atoms with Crippen LogP contribution in [0, 0.1) is 11.3 Å². The van der Waals surface area contributed by atoms with E-state index in [2.05, 4.69) is 55.3 Å². The zero-order chi connectivity index (χ0) is 21.5. The lowest BCUT2D eigenvalue weighted by molar-refractivity contribution is -0.115. The average Bonchev–Trinajstić information content (AvgIpc) is 3.17. The molecule has 29 heavy (non-hydrogen) atoms. The molecule has 0 saturated carbocycles. The van der Waals surface area contributed by atoms with Crippen molar-refractivity contribution in [3.63, 3.8) is 0 Å². The van der Waals surface area contributed by atoms with E-state index in [1.54, 1.807) is 12.3 Å². The second-order valence-electron chi connectivity index (χ2n) is 7.49. The molecule has 0 heterocycles. The minimum absolute atomic E-state index is 0.583. The second-order valence-corrected chi connectivity index (χ2v) is 7.49. The van der Waals surface area contributed by atoms with Gasteiger partial charge in [0, 0.05) is 7.05 Å². The number of nitrogens with one attached hydrogen (secondary N) is 2. The van der Waals surface area contributed by atoms with Crippen molar-refractivity contribution >= 4 is 6.29 Å². The van der Waals surface area contributed by atoms with E-state index in [1.165, 1.54) is 11.1 Å². The number of likely N-dealkylation sites (N-methyl/N-ethyl adjacent to an activating group) is 1. The molecule has 0 aliphatic heterocycles. The highest BCUT2D eigenvalue weighted by Crippen LogP contribution is 2.49. The highest BCUT2D eigenvalue weighted by Gasteiger charge is 2.53. The molecule has 0 aromatic heterocycles.